The largest absolute Gasteiger partial charge is 0.497 e. The summed E-state index contributed by atoms with van der Waals surface area (Å²) in [6.07, 6.45) is 1.86. The van der Waals surface area contributed by atoms with E-state index in [0.29, 0.717) is 49.1 Å². The molecule has 1 aromatic carbocycles. The van der Waals surface area contributed by atoms with Crippen molar-refractivity contribution in [2.24, 2.45) is 0 Å². The lowest BCUT2D eigenvalue weighted by molar-refractivity contribution is 0.0504. The molecule has 1 aromatic heterocycles. The summed E-state index contributed by atoms with van der Waals surface area (Å²) in [5, 5.41) is 0. The molecule has 0 radical (unpaired) electrons. The van der Waals surface area contributed by atoms with Crippen LogP contribution in [-0.4, -0.2) is 61.8 Å². The van der Waals surface area contributed by atoms with Crippen LogP contribution in [0, 0.1) is 13.8 Å². The summed E-state index contributed by atoms with van der Waals surface area (Å²) in [4.78, 5) is 30.8. The fourth-order valence-electron chi connectivity index (χ4n) is 4.02. The van der Waals surface area contributed by atoms with E-state index in [0.717, 1.165) is 29.7 Å². The molecule has 1 aliphatic rings. The van der Waals surface area contributed by atoms with Gasteiger partial charge in [0.1, 0.15) is 17.2 Å². The first-order chi connectivity index (χ1) is 15.4. The van der Waals surface area contributed by atoms with Crippen LogP contribution in [0.3, 0.4) is 0 Å². The fourth-order valence-corrected chi connectivity index (χ4v) is 4.02. The monoisotopic (exact) mass is 444 g/mol. The van der Waals surface area contributed by atoms with Crippen molar-refractivity contribution in [1.82, 2.24) is 9.88 Å². The smallest absolute Gasteiger partial charge is 0.355 e. The molecular formula is C24H32N2O6. The van der Waals surface area contributed by atoms with Crippen molar-refractivity contribution in [2.75, 3.05) is 34.0 Å². The molecule has 2 aromatic rings. The van der Waals surface area contributed by atoms with Crippen LogP contribution >= 0.6 is 0 Å². The number of H-pyrrole nitrogens is 1. The van der Waals surface area contributed by atoms with E-state index >= 15 is 0 Å². The number of aromatic amines is 1. The minimum atomic E-state index is -0.395. The van der Waals surface area contributed by atoms with E-state index in [1.54, 1.807) is 37.1 Å². The van der Waals surface area contributed by atoms with Crippen molar-refractivity contribution in [3.05, 3.63) is 46.3 Å². The number of ether oxygens (including phenoxy) is 4. The third-order valence-corrected chi connectivity index (χ3v) is 5.80. The van der Waals surface area contributed by atoms with E-state index in [1.165, 1.54) is 7.11 Å². The van der Waals surface area contributed by atoms with E-state index in [-0.39, 0.29) is 12.0 Å². The standard InChI is InChI=1S/C24H32N2O6/c1-6-31-24(28)22-15(2)20(16(3)25-22)14-26(13-18-8-7-11-32-18)23(27)19-10-9-17(29-4)12-21(19)30-5/h9-10,12,18,25H,6-8,11,13-14H2,1-5H3/t18-/m1/s1. The van der Waals surface area contributed by atoms with Gasteiger partial charge in [-0.15, -0.1) is 0 Å². The first-order valence-electron chi connectivity index (χ1n) is 10.9. The van der Waals surface area contributed by atoms with Crippen molar-refractivity contribution in [3.63, 3.8) is 0 Å². The molecule has 0 aliphatic carbocycles. The first-order valence-corrected chi connectivity index (χ1v) is 10.9. The molecule has 3 rings (SSSR count). The molecule has 1 amide bonds. The number of carbonyl (C=O) groups is 2. The topological polar surface area (TPSA) is 90.1 Å². The molecule has 1 saturated heterocycles. The maximum atomic E-state index is 13.6. The minimum absolute atomic E-state index is 0.0210. The molecule has 174 valence electrons. The van der Waals surface area contributed by atoms with Crippen LogP contribution in [-0.2, 0) is 16.0 Å². The number of hydrogen-bond donors (Lipinski definition) is 1. The second kappa shape index (κ2) is 10.5. The molecule has 0 saturated carbocycles. The summed E-state index contributed by atoms with van der Waals surface area (Å²) in [6.45, 7) is 7.32. The van der Waals surface area contributed by atoms with Gasteiger partial charge in [0.25, 0.3) is 5.91 Å². The van der Waals surface area contributed by atoms with Gasteiger partial charge in [0.15, 0.2) is 0 Å². The van der Waals surface area contributed by atoms with Gasteiger partial charge in [0.2, 0.25) is 0 Å². The van der Waals surface area contributed by atoms with E-state index < -0.39 is 5.97 Å². The van der Waals surface area contributed by atoms with Gasteiger partial charge in [-0.1, -0.05) is 0 Å². The van der Waals surface area contributed by atoms with Gasteiger partial charge in [-0.2, -0.15) is 0 Å². The second-order valence-corrected chi connectivity index (χ2v) is 7.84. The Morgan fingerprint density at radius 2 is 2.00 bits per heavy atom. The van der Waals surface area contributed by atoms with Crippen LogP contribution in [0.5, 0.6) is 11.5 Å². The summed E-state index contributed by atoms with van der Waals surface area (Å²) >= 11 is 0. The van der Waals surface area contributed by atoms with Gasteiger partial charge >= 0.3 is 5.97 Å². The Bertz CT molecular complexity index is 962. The van der Waals surface area contributed by atoms with Crippen LogP contribution in [0.25, 0.3) is 0 Å². The number of aryl methyl sites for hydroxylation is 1. The lowest BCUT2D eigenvalue weighted by atomic mass is 10.1. The summed E-state index contributed by atoms with van der Waals surface area (Å²) in [7, 11) is 3.10. The maximum Gasteiger partial charge on any atom is 0.355 e. The van der Waals surface area contributed by atoms with Gasteiger partial charge in [0.05, 0.1) is 32.5 Å². The Kier molecular flexibility index (Phi) is 7.80. The van der Waals surface area contributed by atoms with Crippen LogP contribution in [0.15, 0.2) is 18.2 Å². The molecule has 32 heavy (non-hydrogen) atoms. The lowest BCUT2D eigenvalue weighted by Gasteiger charge is -2.27. The first kappa shape index (κ1) is 23.7. The minimum Gasteiger partial charge on any atom is -0.497 e. The zero-order valence-electron chi connectivity index (χ0n) is 19.4. The predicted octanol–water partition coefficient (Wildman–Crippen LogP) is 3.65. The normalized spacial score (nSPS) is 15.5. The Morgan fingerprint density at radius 1 is 1.22 bits per heavy atom. The van der Waals surface area contributed by atoms with E-state index in [4.69, 9.17) is 18.9 Å². The summed E-state index contributed by atoms with van der Waals surface area (Å²) in [5.74, 6) is 0.493. The number of nitrogens with zero attached hydrogens (tertiary/aromatic N) is 1. The molecule has 8 heteroatoms. The predicted molar refractivity (Wildman–Crippen MR) is 119 cm³/mol. The van der Waals surface area contributed by atoms with Crippen molar-refractivity contribution >= 4 is 11.9 Å². The highest BCUT2D eigenvalue weighted by atomic mass is 16.5. The van der Waals surface area contributed by atoms with E-state index in [9.17, 15) is 9.59 Å². The third kappa shape index (κ3) is 5.07. The van der Waals surface area contributed by atoms with Crippen LogP contribution in [0.2, 0.25) is 0 Å². The van der Waals surface area contributed by atoms with E-state index in [1.807, 2.05) is 13.8 Å². The zero-order valence-corrected chi connectivity index (χ0v) is 19.4. The fraction of sp³-hybridized carbons (Fsp3) is 0.500. The highest BCUT2D eigenvalue weighted by Crippen LogP contribution is 2.28. The molecule has 2 heterocycles. The van der Waals surface area contributed by atoms with Gasteiger partial charge in [-0.25, -0.2) is 4.79 Å². The Hall–Kier alpha value is -3.00. The van der Waals surface area contributed by atoms with Crippen LogP contribution < -0.4 is 9.47 Å². The van der Waals surface area contributed by atoms with Gasteiger partial charge in [0, 0.05) is 31.5 Å². The Morgan fingerprint density at radius 3 is 2.62 bits per heavy atom. The SMILES string of the molecule is CCOC(=O)c1[nH]c(C)c(CN(C[C@H]2CCCO2)C(=O)c2ccc(OC)cc2OC)c1C. The molecule has 8 nitrogen and oxygen atoms in total. The summed E-state index contributed by atoms with van der Waals surface area (Å²) in [6, 6.07) is 5.15. The van der Waals surface area contributed by atoms with Crippen molar-refractivity contribution in [1.29, 1.82) is 0 Å². The number of amides is 1. The average molecular weight is 445 g/mol. The molecule has 1 aliphatic heterocycles. The Labute approximate surface area is 188 Å². The Balaban J connectivity index is 1.94. The van der Waals surface area contributed by atoms with E-state index in [2.05, 4.69) is 4.98 Å². The highest BCUT2D eigenvalue weighted by molar-refractivity contribution is 5.97. The van der Waals surface area contributed by atoms with Gasteiger partial charge < -0.3 is 28.8 Å². The van der Waals surface area contributed by atoms with Crippen molar-refractivity contribution < 1.29 is 28.5 Å². The number of esters is 1. The van der Waals surface area contributed by atoms with Crippen LogP contribution in [0.4, 0.5) is 0 Å². The lowest BCUT2D eigenvalue weighted by Crippen LogP contribution is -2.37. The number of aromatic nitrogens is 1. The number of methoxy groups -OCH3 is 2. The maximum absolute atomic E-state index is 13.6. The zero-order chi connectivity index (χ0) is 23.3. The molecule has 0 unspecified atom stereocenters. The number of carbonyl (C=O) groups excluding carboxylic acids is 2. The number of hydrogen-bond acceptors (Lipinski definition) is 6. The second-order valence-electron chi connectivity index (χ2n) is 7.84. The number of rotatable bonds is 9. The van der Waals surface area contributed by atoms with Gasteiger partial charge in [-0.05, 0) is 56.9 Å². The van der Waals surface area contributed by atoms with Crippen LogP contribution in [0.1, 0.15) is 57.4 Å². The number of benzene rings is 1. The summed E-state index contributed by atoms with van der Waals surface area (Å²) in [5.41, 5.74) is 3.38. The summed E-state index contributed by atoms with van der Waals surface area (Å²) < 4.78 is 21.7. The molecular weight excluding hydrogens is 412 g/mol. The molecule has 0 spiro atoms. The average Bonchev–Trinajstić information content (AvgIpc) is 3.41. The molecule has 1 N–H and O–H groups in total. The number of nitrogens with one attached hydrogen (secondary N) is 1. The van der Waals surface area contributed by atoms with Crippen molar-refractivity contribution in [2.45, 2.75) is 46.3 Å². The molecule has 1 fully saturated rings. The highest BCUT2D eigenvalue weighted by Gasteiger charge is 2.28. The molecule has 0 bridgehead atoms. The molecule has 1 atom stereocenters. The third-order valence-electron chi connectivity index (χ3n) is 5.80. The van der Waals surface area contributed by atoms with Gasteiger partial charge in [-0.3, -0.25) is 4.79 Å². The quantitative estimate of drug-likeness (QED) is 0.594. The van der Waals surface area contributed by atoms with Crippen molar-refractivity contribution in [3.8, 4) is 11.5 Å².